The predicted molar refractivity (Wildman–Crippen MR) is 181 cm³/mol. The highest BCUT2D eigenvalue weighted by molar-refractivity contribution is 7.25. The van der Waals surface area contributed by atoms with Crippen LogP contribution in [0.1, 0.15) is 61.1 Å². The Morgan fingerprint density at radius 1 is 0.535 bits per heavy atom. The van der Waals surface area contributed by atoms with Crippen molar-refractivity contribution < 1.29 is 9.31 Å². The molecule has 2 nitrogen and oxygen atoms in total. The van der Waals surface area contributed by atoms with Crippen molar-refractivity contribution in [2.75, 3.05) is 0 Å². The molecule has 43 heavy (non-hydrogen) atoms. The highest BCUT2D eigenvalue weighted by Crippen LogP contribution is 2.59. The van der Waals surface area contributed by atoms with Crippen LogP contribution in [0.25, 0.3) is 43.5 Å². The van der Waals surface area contributed by atoms with E-state index in [9.17, 15) is 0 Å². The highest BCUT2D eigenvalue weighted by atomic mass is 32.1. The minimum Gasteiger partial charge on any atom is -0.399 e. The van der Waals surface area contributed by atoms with Gasteiger partial charge in [-0.25, -0.2) is 0 Å². The molecule has 6 aromatic rings. The Hall–Kier alpha value is -3.96. The van der Waals surface area contributed by atoms with Gasteiger partial charge in [-0.3, -0.25) is 0 Å². The Labute approximate surface area is 256 Å². The van der Waals surface area contributed by atoms with Crippen molar-refractivity contribution in [2.24, 2.45) is 0 Å². The van der Waals surface area contributed by atoms with Gasteiger partial charge in [0.05, 0.1) is 16.6 Å². The Balaban J connectivity index is 1.36. The van der Waals surface area contributed by atoms with Gasteiger partial charge in [0.1, 0.15) is 0 Å². The zero-order chi connectivity index (χ0) is 29.1. The number of hydrogen-bond acceptors (Lipinski definition) is 3. The minimum absolute atomic E-state index is 0.392. The second kappa shape index (κ2) is 8.57. The summed E-state index contributed by atoms with van der Waals surface area (Å²) in [6, 6.07) is 38.6. The average molecular weight is 575 g/mol. The van der Waals surface area contributed by atoms with Gasteiger partial charge < -0.3 is 9.31 Å². The zero-order valence-corrected chi connectivity index (χ0v) is 25.6. The molecule has 3 aliphatic rings. The van der Waals surface area contributed by atoms with Gasteiger partial charge >= 0.3 is 7.12 Å². The lowest BCUT2D eigenvalue weighted by atomic mass is 9.65. The molecule has 0 N–H and O–H groups in total. The third-order valence-electron chi connectivity index (χ3n) is 10.4. The van der Waals surface area contributed by atoms with Crippen LogP contribution in [0.15, 0.2) is 103 Å². The topological polar surface area (TPSA) is 18.5 Å². The molecule has 1 aromatic heterocycles. The molecule has 1 atom stereocenters. The van der Waals surface area contributed by atoms with Crippen LogP contribution in [0.4, 0.5) is 0 Å². The van der Waals surface area contributed by atoms with E-state index in [1.54, 1.807) is 0 Å². The molecule has 1 aliphatic heterocycles. The Morgan fingerprint density at radius 3 is 2.05 bits per heavy atom. The molecule has 4 heteroatoms. The summed E-state index contributed by atoms with van der Waals surface area (Å²) in [6.07, 6.45) is 4.58. The molecule has 2 aliphatic carbocycles. The maximum atomic E-state index is 6.50. The van der Waals surface area contributed by atoms with Gasteiger partial charge in [0.15, 0.2) is 0 Å². The molecule has 1 saturated heterocycles. The number of rotatable bonds is 1. The van der Waals surface area contributed by atoms with Gasteiger partial charge in [0, 0.05) is 20.2 Å². The van der Waals surface area contributed by atoms with Crippen LogP contribution >= 0.6 is 11.3 Å². The summed E-state index contributed by atoms with van der Waals surface area (Å²) in [5.41, 5.74) is 10.2. The summed E-state index contributed by atoms with van der Waals surface area (Å²) in [5.74, 6) is 0. The molecule has 5 aromatic carbocycles. The Bertz CT molecular complexity index is 2150. The second-order valence-corrected chi connectivity index (χ2v) is 14.2. The van der Waals surface area contributed by atoms with Crippen LogP contribution in [0.5, 0.6) is 0 Å². The van der Waals surface area contributed by atoms with E-state index < -0.39 is 23.7 Å². The first-order valence-electron chi connectivity index (χ1n) is 15.1. The van der Waals surface area contributed by atoms with Crippen LogP contribution in [-0.2, 0) is 14.7 Å². The fourth-order valence-corrected chi connectivity index (χ4v) is 8.70. The van der Waals surface area contributed by atoms with Crippen LogP contribution in [0, 0.1) is 0 Å². The van der Waals surface area contributed by atoms with Crippen LogP contribution in [-0.4, -0.2) is 18.3 Å². The summed E-state index contributed by atoms with van der Waals surface area (Å²) < 4.78 is 15.7. The summed E-state index contributed by atoms with van der Waals surface area (Å²) in [7, 11) is -0.411. The molecule has 0 saturated carbocycles. The largest absolute Gasteiger partial charge is 0.494 e. The standard InChI is InChI=1S/C39H31BO2S/c1-37(2)38(3,4)42-40(41-37)26-19-20-32-25(21-26)18-17-24-11-5-8-14-31(24)39(32)33-15-9-6-12-27(33)29-22-30-28-13-7-10-16-35(28)43-36(30)23-34(29)39/h5-23H,1-4H3. The molecular formula is C39H31BO2S. The quantitative estimate of drug-likeness (QED) is 0.182. The van der Waals surface area contributed by atoms with Gasteiger partial charge in [-0.15, -0.1) is 11.3 Å². The molecule has 0 bridgehead atoms. The number of benzene rings is 5. The monoisotopic (exact) mass is 574 g/mol. The molecule has 2 heterocycles. The highest BCUT2D eigenvalue weighted by Gasteiger charge is 2.53. The lowest BCUT2D eigenvalue weighted by Crippen LogP contribution is -2.41. The molecule has 1 unspecified atom stereocenters. The van der Waals surface area contributed by atoms with Crippen molar-refractivity contribution in [3.8, 4) is 11.1 Å². The smallest absolute Gasteiger partial charge is 0.399 e. The third-order valence-corrected chi connectivity index (χ3v) is 11.5. The van der Waals surface area contributed by atoms with Gasteiger partial charge in [0.2, 0.25) is 0 Å². The molecule has 1 spiro atoms. The fourth-order valence-electron chi connectivity index (χ4n) is 7.57. The first-order chi connectivity index (χ1) is 20.8. The summed E-state index contributed by atoms with van der Waals surface area (Å²) >= 11 is 1.89. The van der Waals surface area contributed by atoms with Crippen molar-refractivity contribution >= 4 is 56.2 Å². The first-order valence-corrected chi connectivity index (χ1v) is 15.9. The normalized spacial score (nSPS) is 20.7. The lowest BCUT2D eigenvalue weighted by molar-refractivity contribution is 0.00578. The van der Waals surface area contributed by atoms with E-state index >= 15 is 0 Å². The summed E-state index contributed by atoms with van der Waals surface area (Å²) in [6.45, 7) is 8.46. The molecular weight excluding hydrogens is 543 g/mol. The minimum atomic E-state index is -0.458. The van der Waals surface area contributed by atoms with E-state index in [-0.39, 0.29) is 0 Å². The van der Waals surface area contributed by atoms with E-state index in [0.29, 0.717) is 0 Å². The van der Waals surface area contributed by atoms with Crippen molar-refractivity contribution in [3.05, 3.63) is 137 Å². The Morgan fingerprint density at radius 2 is 1.21 bits per heavy atom. The second-order valence-electron chi connectivity index (χ2n) is 13.1. The first kappa shape index (κ1) is 25.5. The number of thiophene rings is 1. The van der Waals surface area contributed by atoms with Crippen molar-refractivity contribution in [1.29, 1.82) is 0 Å². The number of hydrogen-bond donors (Lipinski definition) is 0. The molecule has 0 amide bonds. The predicted octanol–water partition coefficient (Wildman–Crippen LogP) is 9.20. The maximum absolute atomic E-state index is 6.50. The van der Waals surface area contributed by atoms with Crippen LogP contribution in [0.3, 0.4) is 0 Å². The van der Waals surface area contributed by atoms with E-state index in [0.717, 1.165) is 5.46 Å². The van der Waals surface area contributed by atoms with Gasteiger partial charge in [-0.05, 0) is 95.9 Å². The SMILES string of the molecule is CC1(C)OB(c2ccc3c(c2)C=Cc2ccccc2C32c3ccccc3-c3cc4c(cc32)sc2ccccc24)OC1(C)C. The maximum Gasteiger partial charge on any atom is 0.494 e. The third kappa shape index (κ3) is 3.32. The van der Waals surface area contributed by atoms with Crippen molar-refractivity contribution in [2.45, 2.75) is 44.3 Å². The molecule has 0 radical (unpaired) electrons. The summed E-state index contributed by atoms with van der Waals surface area (Å²) in [5, 5.41) is 2.67. The number of fused-ring (bicyclic) bond motifs is 12. The van der Waals surface area contributed by atoms with E-state index in [1.165, 1.54) is 64.7 Å². The van der Waals surface area contributed by atoms with Gasteiger partial charge in [0.25, 0.3) is 0 Å². The van der Waals surface area contributed by atoms with E-state index in [4.69, 9.17) is 9.31 Å². The van der Waals surface area contributed by atoms with Gasteiger partial charge in [-0.2, -0.15) is 0 Å². The lowest BCUT2D eigenvalue weighted by Gasteiger charge is -2.35. The summed E-state index contributed by atoms with van der Waals surface area (Å²) in [4.78, 5) is 0. The zero-order valence-electron chi connectivity index (χ0n) is 24.8. The fraction of sp³-hybridized carbons (Fsp3) is 0.179. The Kier molecular flexibility index (Phi) is 5.09. The molecule has 208 valence electrons. The van der Waals surface area contributed by atoms with E-state index in [1.807, 2.05) is 11.3 Å². The van der Waals surface area contributed by atoms with E-state index in [2.05, 4.69) is 143 Å². The van der Waals surface area contributed by atoms with Gasteiger partial charge in [-0.1, -0.05) is 97.1 Å². The molecule has 1 fully saturated rings. The molecule has 9 rings (SSSR count). The van der Waals surface area contributed by atoms with Crippen LogP contribution < -0.4 is 5.46 Å². The van der Waals surface area contributed by atoms with Crippen LogP contribution in [0.2, 0.25) is 0 Å². The van der Waals surface area contributed by atoms with Crippen molar-refractivity contribution in [1.82, 2.24) is 0 Å². The average Bonchev–Trinajstić information content (AvgIpc) is 3.54. The van der Waals surface area contributed by atoms with Crippen molar-refractivity contribution in [3.63, 3.8) is 0 Å².